The fraction of sp³-hybridized carbons (Fsp3) is 0.375. The number of pyridine rings is 2. The van der Waals surface area contributed by atoms with Crippen molar-refractivity contribution < 1.29 is 28.1 Å². The number of hydrogen-bond acceptors (Lipinski definition) is 9. The molecule has 3 atom stereocenters. The number of nitrogens with two attached hydrogens (primary N) is 1. The van der Waals surface area contributed by atoms with Gasteiger partial charge in [0.15, 0.2) is 12.1 Å². The van der Waals surface area contributed by atoms with Gasteiger partial charge in [0.1, 0.15) is 24.2 Å². The van der Waals surface area contributed by atoms with E-state index in [9.17, 15) is 4.79 Å². The molecule has 6 rings (SSSR count). The highest BCUT2D eigenvalue weighted by atomic mass is 19.1. The lowest BCUT2D eigenvalue weighted by Crippen LogP contribution is -2.28. The van der Waals surface area contributed by atoms with Crippen LogP contribution in [0.5, 0.6) is 5.88 Å². The SMILES string of the molecule is Cc1c(-c2cc3cc(NC(=O)O[C@@H]4CO[C@@H]5OCC[C@@H]54)ncc3c(N)c2F)cnc2c1NCCO2. The molecule has 0 saturated carbocycles. The minimum absolute atomic E-state index is 0.0315. The maximum Gasteiger partial charge on any atom is 0.413 e. The number of nitrogen functional groups attached to an aromatic ring is 1. The molecule has 0 spiro atoms. The largest absolute Gasteiger partial charge is 0.474 e. The number of nitrogens with zero attached hydrogens (tertiary/aromatic N) is 2. The number of aromatic nitrogens is 2. The lowest BCUT2D eigenvalue weighted by atomic mass is 9.97. The normalized spacial score (nSPS) is 22.7. The lowest BCUT2D eigenvalue weighted by Gasteiger charge is -2.22. The first-order valence-corrected chi connectivity index (χ1v) is 11.4. The van der Waals surface area contributed by atoms with Crippen molar-refractivity contribution in [1.29, 1.82) is 0 Å². The molecule has 0 bridgehead atoms. The molecular formula is C24H24FN5O5. The third-order valence-electron chi connectivity index (χ3n) is 6.71. The molecule has 4 N–H and O–H groups in total. The number of carbonyl (C=O) groups is 1. The molecule has 35 heavy (non-hydrogen) atoms. The van der Waals surface area contributed by atoms with Gasteiger partial charge in [0.25, 0.3) is 0 Å². The molecule has 2 aromatic heterocycles. The first-order chi connectivity index (χ1) is 17.0. The van der Waals surface area contributed by atoms with Crippen molar-refractivity contribution in [2.45, 2.75) is 25.7 Å². The van der Waals surface area contributed by atoms with Crippen LogP contribution in [0.4, 0.5) is 26.4 Å². The summed E-state index contributed by atoms with van der Waals surface area (Å²) in [5, 5.41) is 6.95. The van der Waals surface area contributed by atoms with E-state index in [4.69, 9.17) is 24.7 Å². The summed E-state index contributed by atoms with van der Waals surface area (Å²) in [5.41, 5.74) is 8.53. The zero-order valence-electron chi connectivity index (χ0n) is 19.0. The standard InChI is InChI=1S/C24H24FN5O5/c1-11-15(8-29-22-21(11)27-3-5-32-22)14-6-12-7-18(28-9-16(12)20(26)19(14)25)30-24(31)35-17-10-34-23-13(17)2-4-33-23/h6-9,13,17,23,27H,2-5,10,26H2,1H3,(H,28,30,31)/t13-,17-,23+/m1/s1. The van der Waals surface area contributed by atoms with Crippen LogP contribution in [0, 0.1) is 18.7 Å². The zero-order valence-corrected chi connectivity index (χ0v) is 19.0. The van der Waals surface area contributed by atoms with Gasteiger partial charge in [-0.25, -0.2) is 19.2 Å². The number of carbonyl (C=O) groups excluding carboxylic acids is 1. The van der Waals surface area contributed by atoms with Gasteiger partial charge in [0.05, 0.1) is 24.8 Å². The van der Waals surface area contributed by atoms with Crippen molar-refractivity contribution in [3.63, 3.8) is 0 Å². The topological polar surface area (TPSA) is 130 Å². The summed E-state index contributed by atoms with van der Waals surface area (Å²) in [7, 11) is 0. The van der Waals surface area contributed by atoms with Crippen LogP contribution in [0.25, 0.3) is 21.9 Å². The maximum atomic E-state index is 15.3. The number of halogens is 1. The van der Waals surface area contributed by atoms with Crippen LogP contribution in [0.1, 0.15) is 12.0 Å². The second kappa shape index (κ2) is 8.51. The van der Waals surface area contributed by atoms with Crippen LogP contribution in [-0.2, 0) is 14.2 Å². The molecule has 0 unspecified atom stereocenters. The Labute approximate surface area is 199 Å². The van der Waals surface area contributed by atoms with E-state index < -0.39 is 11.9 Å². The summed E-state index contributed by atoms with van der Waals surface area (Å²) in [6.45, 7) is 3.91. The van der Waals surface area contributed by atoms with Crippen molar-refractivity contribution in [3.05, 3.63) is 35.9 Å². The number of amides is 1. The Morgan fingerprint density at radius 1 is 1.23 bits per heavy atom. The van der Waals surface area contributed by atoms with Gasteiger partial charge < -0.3 is 30.0 Å². The molecule has 10 nitrogen and oxygen atoms in total. The summed E-state index contributed by atoms with van der Waals surface area (Å²) in [4.78, 5) is 21.1. The van der Waals surface area contributed by atoms with E-state index in [1.54, 1.807) is 18.3 Å². The average Bonchev–Trinajstić information content (AvgIpc) is 3.47. The Kier molecular flexibility index (Phi) is 5.30. The van der Waals surface area contributed by atoms with Crippen LogP contribution in [0.15, 0.2) is 24.5 Å². The Bertz CT molecular complexity index is 1340. The van der Waals surface area contributed by atoms with E-state index in [-0.39, 0.29) is 29.8 Å². The molecule has 2 fully saturated rings. The first kappa shape index (κ1) is 21.8. The summed E-state index contributed by atoms with van der Waals surface area (Å²) in [6.07, 6.45) is 2.45. The number of benzene rings is 1. The third kappa shape index (κ3) is 3.76. The van der Waals surface area contributed by atoms with Crippen LogP contribution in [0.2, 0.25) is 0 Å². The number of anilines is 3. The number of ether oxygens (including phenoxy) is 4. The fourth-order valence-electron chi connectivity index (χ4n) is 4.87. The zero-order chi connectivity index (χ0) is 24.1. The van der Waals surface area contributed by atoms with Gasteiger partial charge in [-0.3, -0.25) is 5.32 Å². The van der Waals surface area contributed by atoms with Gasteiger partial charge in [0.2, 0.25) is 5.88 Å². The molecule has 11 heteroatoms. The Morgan fingerprint density at radius 3 is 3.00 bits per heavy atom. The molecule has 0 radical (unpaired) electrons. The fourth-order valence-corrected chi connectivity index (χ4v) is 4.87. The summed E-state index contributed by atoms with van der Waals surface area (Å²) < 4.78 is 37.4. The van der Waals surface area contributed by atoms with Crippen LogP contribution in [0.3, 0.4) is 0 Å². The number of hydrogen-bond donors (Lipinski definition) is 3. The predicted molar refractivity (Wildman–Crippen MR) is 126 cm³/mol. The number of rotatable bonds is 3. The molecule has 3 aliphatic heterocycles. The van der Waals surface area contributed by atoms with E-state index in [0.29, 0.717) is 54.1 Å². The second-order valence-corrected chi connectivity index (χ2v) is 8.79. The van der Waals surface area contributed by atoms with Crippen molar-refractivity contribution in [2.24, 2.45) is 5.92 Å². The smallest absolute Gasteiger partial charge is 0.413 e. The van der Waals surface area contributed by atoms with Crippen molar-refractivity contribution in [1.82, 2.24) is 9.97 Å². The Morgan fingerprint density at radius 2 is 2.11 bits per heavy atom. The summed E-state index contributed by atoms with van der Waals surface area (Å²) in [6, 6.07) is 3.30. The molecule has 1 aromatic carbocycles. The first-order valence-electron chi connectivity index (χ1n) is 11.4. The molecule has 0 aliphatic carbocycles. The minimum Gasteiger partial charge on any atom is -0.474 e. The van der Waals surface area contributed by atoms with E-state index in [1.165, 1.54) is 6.20 Å². The molecule has 2 saturated heterocycles. The van der Waals surface area contributed by atoms with Gasteiger partial charge in [-0.15, -0.1) is 0 Å². The third-order valence-corrected chi connectivity index (χ3v) is 6.71. The van der Waals surface area contributed by atoms with Crippen LogP contribution < -0.4 is 21.1 Å². The van der Waals surface area contributed by atoms with Gasteiger partial charge in [0, 0.05) is 35.5 Å². The molecule has 5 heterocycles. The molecule has 1 amide bonds. The van der Waals surface area contributed by atoms with E-state index in [0.717, 1.165) is 17.7 Å². The van der Waals surface area contributed by atoms with E-state index >= 15 is 4.39 Å². The van der Waals surface area contributed by atoms with E-state index in [1.807, 2.05) is 6.92 Å². The minimum atomic E-state index is -0.644. The van der Waals surface area contributed by atoms with Gasteiger partial charge in [-0.2, -0.15) is 0 Å². The van der Waals surface area contributed by atoms with Gasteiger partial charge in [-0.1, -0.05) is 0 Å². The Hall–Kier alpha value is -3.70. The highest BCUT2D eigenvalue weighted by Crippen LogP contribution is 2.39. The van der Waals surface area contributed by atoms with Crippen LogP contribution in [-0.4, -0.2) is 54.8 Å². The molecule has 3 aromatic rings. The quantitative estimate of drug-likeness (QED) is 0.482. The predicted octanol–water partition coefficient (Wildman–Crippen LogP) is 3.44. The average molecular weight is 481 g/mol. The van der Waals surface area contributed by atoms with Gasteiger partial charge in [-0.05, 0) is 36.4 Å². The number of fused-ring (bicyclic) bond motifs is 3. The van der Waals surface area contributed by atoms with E-state index in [2.05, 4.69) is 20.6 Å². The number of nitrogens with one attached hydrogen (secondary N) is 2. The van der Waals surface area contributed by atoms with Crippen molar-refractivity contribution >= 4 is 34.1 Å². The van der Waals surface area contributed by atoms with Crippen LogP contribution >= 0.6 is 0 Å². The van der Waals surface area contributed by atoms with Crippen molar-refractivity contribution in [3.8, 4) is 17.0 Å². The van der Waals surface area contributed by atoms with Crippen molar-refractivity contribution in [2.75, 3.05) is 42.7 Å². The molecule has 3 aliphatic rings. The summed E-state index contributed by atoms with van der Waals surface area (Å²) in [5.74, 6) is 0.219. The molecule has 182 valence electrons. The summed E-state index contributed by atoms with van der Waals surface area (Å²) >= 11 is 0. The highest BCUT2D eigenvalue weighted by Gasteiger charge is 2.43. The lowest BCUT2D eigenvalue weighted by molar-refractivity contribution is -0.0907. The van der Waals surface area contributed by atoms with Gasteiger partial charge >= 0.3 is 6.09 Å². The molecular weight excluding hydrogens is 457 g/mol. The maximum absolute atomic E-state index is 15.3. The second-order valence-electron chi connectivity index (χ2n) is 8.79. The monoisotopic (exact) mass is 481 g/mol. The Balaban J connectivity index is 1.29. The highest BCUT2D eigenvalue weighted by molar-refractivity contribution is 5.99.